The molecule has 3 heteroatoms. The number of hydrogen-bond acceptors (Lipinski definition) is 3. The number of nitrogens with one attached hydrogen (secondary N) is 1. The van der Waals surface area contributed by atoms with Crippen molar-refractivity contribution < 1.29 is 9.84 Å². The zero-order chi connectivity index (χ0) is 10.4. The molecule has 1 aliphatic carbocycles. The Morgan fingerprint density at radius 2 is 2.14 bits per heavy atom. The third-order valence-corrected chi connectivity index (χ3v) is 2.94. The zero-order valence-corrected chi connectivity index (χ0v) is 9.33. The van der Waals surface area contributed by atoms with Gasteiger partial charge in [-0.15, -0.1) is 0 Å². The van der Waals surface area contributed by atoms with Gasteiger partial charge in [-0.3, -0.25) is 0 Å². The van der Waals surface area contributed by atoms with Gasteiger partial charge in [-0.25, -0.2) is 0 Å². The first kappa shape index (κ1) is 12.0. The van der Waals surface area contributed by atoms with Crippen molar-refractivity contribution in [1.29, 1.82) is 0 Å². The summed E-state index contributed by atoms with van der Waals surface area (Å²) in [6, 6.07) is 1.09. The Hall–Kier alpha value is -0.120. The van der Waals surface area contributed by atoms with Gasteiger partial charge in [-0.05, 0) is 32.6 Å². The monoisotopic (exact) mass is 201 g/mol. The lowest BCUT2D eigenvalue weighted by molar-refractivity contribution is -0.0130. The van der Waals surface area contributed by atoms with Crippen LogP contribution < -0.4 is 5.32 Å². The first-order chi connectivity index (χ1) is 6.80. The van der Waals surface area contributed by atoms with Crippen molar-refractivity contribution in [3.63, 3.8) is 0 Å². The minimum Gasteiger partial charge on any atom is -0.396 e. The van der Waals surface area contributed by atoms with Gasteiger partial charge in [-0.2, -0.15) is 0 Å². The van der Waals surface area contributed by atoms with Crippen LogP contribution in [0, 0.1) is 0 Å². The van der Waals surface area contributed by atoms with E-state index in [0.717, 1.165) is 32.3 Å². The predicted molar refractivity (Wildman–Crippen MR) is 57.4 cm³/mol. The molecule has 2 N–H and O–H groups in total. The van der Waals surface area contributed by atoms with Crippen LogP contribution in [0.15, 0.2) is 0 Å². The van der Waals surface area contributed by atoms with Crippen LogP contribution >= 0.6 is 0 Å². The maximum atomic E-state index is 8.84. The SMILES string of the molecule is CCOC1CC(NC(CC)CCO)C1. The van der Waals surface area contributed by atoms with Gasteiger partial charge in [0.15, 0.2) is 0 Å². The molecule has 14 heavy (non-hydrogen) atoms. The Balaban J connectivity index is 2.08. The van der Waals surface area contributed by atoms with Gasteiger partial charge in [0.2, 0.25) is 0 Å². The van der Waals surface area contributed by atoms with Crippen LogP contribution in [0.4, 0.5) is 0 Å². The predicted octanol–water partition coefficient (Wildman–Crippen LogP) is 1.30. The molecule has 84 valence electrons. The summed E-state index contributed by atoms with van der Waals surface area (Å²) >= 11 is 0. The maximum absolute atomic E-state index is 8.84. The highest BCUT2D eigenvalue weighted by Gasteiger charge is 2.30. The Bertz CT molecular complexity index is 146. The van der Waals surface area contributed by atoms with Crippen LogP contribution in [0.25, 0.3) is 0 Å². The molecule has 0 aromatic carbocycles. The molecule has 0 amide bonds. The van der Waals surface area contributed by atoms with Crippen molar-refractivity contribution in [1.82, 2.24) is 5.32 Å². The zero-order valence-electron chi connectivity index (χ0n) is 9.33. The summed E-state index contributed by atoms with van der Waals surface area (Å²) in [5.74, 6) is 0. The highest BCUT2D eigenvalue weighted by molar-refractivity contribution is 4.88. The van der Waals surface area contributed by atoms with E-state index in [4.69, 9.17) is 9.84 Å². The summed E-state index contributed by atoms with van der Waals surface area (Å²) in [5.41, 5.74) is 0. The van der Waals surface area contributed by atoms with Crippen LogP contribution in [0.2, 0.25) is 0 Å². The maximum Gasteiger partial charge on any atom is 0.0604 e. The summed E-state index contributed by atoms with van der Waals surface area (Å²) in [7, 11) is 0. The Morgan fingerprint density at radius 1 is 1.43 bits per heavy atom. The molecule has 1 saturated carbocycles. The van der Waals surface area contributed by atoms with Crippen molar-refractivity contribution in [3.8, 4) is 0 Å². The van der Waals surface area contributed by atoms with Crippen LogP contribution in [0.5, 0.6) is 0 Å². The van der Waals surface area contributed by atoms with Crippen LogP contribution in [0.1, 0.15) is 39.5 Å². The molecular formula is C11H23NO2. The smallest absolute Gasteiger partial charge is 0.0604 e. The number of rotatable bonds is 7. The molecule has 1 fully saturated rings. The van der Waals surface area contributed by atoms with Crippen molar-refractivity contribution in [2.75, 3.05) is 13.2 Å². The number of aliphatic hydroxyl groups is 1. The number of hydrogen-bond donors (Lipinski definition) is 2. The Labute approximate surface area is 86.8 Å². The lowest BCUT2D eigenvalue weighted by Crippen LogP contribution is -2.49. The molecule has 1 aliphatic rings. The molecule has 0 aliphatic heterocycles. The van der Waals surface area contributed by atoms with E-state index in [0.29, 0.717) is 18.2 Å². The Morgan fingerprint density at radius 3 is 2.64 bits per heavy atom. The van der Waals surface area contributed by atoms with E-state index in [1.165, 1.54) is 0 Å². The fraction of sp³-hybridized carbons (Fsp3) is 1.00. The van der Waals surface area contributed by atoms with Crippen molar-refractivity contribution in [3.05, 3.63) is 0 Å². The average molecular weight is 201 g/mol. The molecular weight excluding hydrogens is 178 g/mol. The third kappa shape index (κ3) is 3.56. The van der Waals surface area contributed by atoms with E-state index in [9.17, 15) is 0 Å². The molecule has 1 atom stereocenters. The Kier molecular flexibility index (Phi) is 5.45. The third-order valence-electron chi connectivity index (χ3n) is 2.94. The van der Waals surface area contributed by atoms with E-state index in [1.807, 2.05) is 6.92 Å². The summed E-state index contributed by atoms with van der Waals surface area (Å²) in [6.07, 6.45) is 4.71. The molecule has 0 saturated heterocycles. The fourth-order valence-electron chi connectivity index (χ4n) is 1.97. The van der Waals surface area contributed by atoms with Crippen molar-refractivity contribution in [2.45, 2.75) is 57.7 Å². The second kappa shape index (κ2) is 6.38. The van der Waals surface area contributed by atoms with E-state index in [2.05, 4.69) is 12.2 Å². The fourth-order valence-corrected chi connectivity index (χ4v) is 1.97. The first-order valence-corrected chi connectivity index (χ1v) is 5.78. The van der Waals surface area contributed by atoms with Gasteiger partial charge in [0.25, 0.3) is 0 Å². The molecule has 0 aromatic rings. The molecule has 3 nitrogen and oxygen atoms in total. The lowest BCUT2D eigenvalue weighted by Gasteiger charge is -2.37. The van der Waals surface area contributed by atoms with E-state index < -0.39 is 0 Å². The van der Waals surface area contributed by atoms with Gasteiger partial charge in [0.1, 0.15) is 0 Å². The standard InChI is InChI=1S/C11H23NO2/c1-3-9(5-6-13)12-10-7-11(8-10)14-4-2/h9-13H,3-8H2,1-2H3. The van der Waals surface area contributed by atoms with Crippen molar-refractivity contribution in [2.24, 2.45) is 0 Å². The molecule has 0 aromatic heterocycles. The van der Waals surface area contributed by atoms with E-state index in [-0.39, 0.29) is 6.61 Å². The van der Waals surface area contributed by atoms with Crippen LogP contribution in [-0.4, -0.2) is 36.5 Å². The highest BCUT2D eigenvalue weighted by Crippen LogP contribution is 2.24. The van der Waals surface area contributed by atoms with Gasteiger partial charge in [0.05, 0.1) is 6.10 Å². The largest absolute Gasteiger partial charge is 0.396 e. The molecule has 0 heterocycles. The average Bonchev–Trinajstić information content (AvgIpc) is 2.13. The van der Waals surface area contributed by atoms with Crippen molar-refractivity contribution >= 4 is 0 Å². The second-order valence-electron chi connectivity index (χ2n) is 4.03. The quantitative estimate of drug-likeness (QED) is 0.652. The molecule has 0 spiro atoms. The van der Waals surface area contributed by atoms with Gasteiger partial charge < -0.3 is 15.2 Å². The number of aliphatic hydroxyl groups excluding tert-OH is 1. The van der Waals surface area contributed by atoms with E-state index >= 15 is 0 Å². The van der Waals surface area contributed by atoms with Gasteiger partial charge >= 0.3 is 0 Å². The summed E-state index contributed by atoms with van der Waals surface area (Å²) < 4.78 is 5.49. The highest BCUT2D eigenvalue weighted by atomic mass is 16.5. The summed E-state index contributed by atoms with van der Waals surface area (Å²) in [6.45, 7) is 5.31. The van der Waals surface area contributed by atoms with Gasteiger partial charge in [-0.1, -0.05) is 6.92 Å². The summed E-state index contributed by atoms with van der Waals surface area (Å²) in [4.78, 5) is 0. The minimum atomic E-state index is 0.285. The minimum absolute atomic E-state index is 0.285. The normalized spacial score (nSPS) is 28.5. The van der Waals surface area contributed by atoms with Gasteiger partial charge in [0, 0.05) is 25.3 Å². The molecule has 1 unspecified atom stereocenters. The summed E-state index contributed by atoms with van der Waals surface area (Å²) in [5, 5.41) is 12.4. The topological polar surface area (TPSA) is 41.5 Å². The van der Waals surface area contributed by atoms with Crippen LogP contribution in [0.3, 0.4) is 0 Å². The molecule has 0 radical (unpaired) electrons. The first-order valence-electron chi connectivity index (χ1n) is 5.78. The molecule has 0 bridgehead atoms. The van der Waals surface area contributed by atoms with Crippen LogP contribution in [-0.2, 0) is 4.74 Å². The second-order valence-corrected chi connectivity index (χ2v) is 4.03. The number of ether oxygens (including phenoxy) is 1. The lowest BCUT2D eigenvalue weighted by atomic mass is 9.88. The van der Waals surface area contributed by atoms with E-state index in [1.54, 1.807) is 0 Å². The molecule has 1 rings (SSSR count).